The van der Waals surface area contributed by atoms with Crippen LogP contribution >= 0.6 is 0 Å². The smallest absolute Gasteiger partial charge is 0.214 e. The second-order valence-electron chi connectivity index (χ2n) is 5.69. The Balaban J connectivity index is 2.06. The van der Waals surface area contributed by atoms with Crippen molar-refractivity contribution in [2.75, 3.05) is 18.8 Å². The monoisotopic (exact) mass is 310 g/mol. The Morgan fingerprint density at radius 1 is 1.38 bits per heavy atom. The molecule has 6 heteroatoms. The molecular weight excluding hydrogens is 288 g/mol. The first kappa shape index (κ1) is 16.0. The molecule has 0 amide bonds. The van der Waals surface area contributed by atoms with Crippen LogP contribution in [0.25, 0.3) is 0 Å². The van der Waals surface area contributed by atoms with Crippen LogP contribution in [0.15, 0.2) is 35.5 Å². The van der Waals surface area contributed by atoms with Gasteiger partial charge in [0.25, 0.3) is 0 Å². The fourth-order valence-electron chi connectivity index (χ4n) is 2.69. The van der Waals surface area contributed by atoms with Crippen LogP contribution in [-0.4, -0.2) is 42.5 Å². The molecule has 1 saturated heterocycles. The Morgan fingerprint density at radius 2 is 2.05 bits per heavy atom. The number of hydrogen-bond donors (Lipinski definition) is 1. The maximum Gasteiger partial charge on any atom is 0.214 e. The lowest BCUT2D eigenvalue weighted by molar-refractivity contribution is 0.300. The van der Waals surface area contributed by atoms with E-state index in [2.05, 4.69) is 5.16 Å². The van der Waals surface area contributed by atoms with Crippen molar-refractivity contribution < 1.29 is 13.6 Å². The van der Waals surface area contributed by atoms with Crippen LogP contribution in [0.5, 0.6) is 0 Å². The van der Waals surface area contributed by atoms with Crippen molar-refractivity contribution >= 4 is 15.7 Å². The Morgan fingerprint density at radius 3 is 2.62 bits per heavy atom. The number of nitrogens with zero attached hydrogens (tertiary/aromatic N) is 2. The highest BCUT2D eigenvalue weighted by Gasteiger charge is 2.31. The fraction of sp³-hybridized carbons (Fsp3) is 0.533. The molecule has 1 aromatic carbocycles. The molecular formula is C15H22N2O3S. The van der Waals surface area contributed by atoms with Gasteiger partial charge in [-0.25, -0.2) is 12.7 Å². The van der Waals surface area contributed by atoms with E-state index in [0.717, 1.165) is 5.56 Å². The second kappa shape index (κ2) is 6.58. The number of oxime groups is 1. The average Bonchev–Trinajstić information content (AvgIpc) is 2.47. The number of rotatable bonds is 4. The molecule has 2 atom stereocenters. The number of benzene rings is 1. The predicted molar refractivity (Wildman–Crippen MR) is 83.2 cm³/mol. The minimum absolute atomic E-state index is 0.0365. The highest BCUT2D eigenvalue weighted by atomic mass is 32.2. The van der Waals surface area contributed by atoms with Crippen LogP contribution in [0.3, 0.4) is 0 Å². The van der Waals surface area contributed by atoms with E-state index < -0.39 is 10.0 Å². The Labute approximate surface area is 126 Å². The van der Waals surface area contributed by atoms with Gasteiger partial charge >= 0.3 is 0 Å². The molecule has 0 bridgehead atoms. The lowest BCUT2D eigenvalue weighted by Crippen LogP contribution is -2.44. The number of hydrogen-bond acceptors (Lipinski definition) is 4. The molecule has 0 saturated carbocycles. The standard InChI is InChI=1S/C15H22N2O3S/c1-12-10-17(9-8-15(12)16-18)21(19,20)11-13(2)14-6-4-3-5-7-14/h3-7,12-13,18H,8-11H2,1-2H3/b16-15-. The van der Waals surface area contributed by atoms with Crippen molar-refractivity contribution in [3.63, 3.8) is 0 Å². The summed E-state index contributed by atoms with van der Waals surface area (Å²) in [5.41, 5.74) is 1.71. The maximum atomic E-state index is 12.5. The highest BCUT2D eigenvalue weighted by molar-refractivity contribution is 7.89. The molecule has 0 aromatic heterocycles. The van der Waals surface area contributed by atoms with Gasteiger partial charge in [0, 0.05) is 25.4 Å². The van der Waals surface area contributed by atoms with Gasteiger partial charge in [-0.15, -0.1) is 0 Å². The van der Waals surface area contributed by atoms with E-state index in [4.69, 9.17) is 5.21 Å². The van der Waals surface area contributed by atoms with Crippen molar-refractivity contribution in [3.8, 4) is 0 Å². The summed E-state index contributed by atoms with van der Waals surface area (Å²) in [5, 5.41) is 12.1. The van der Waals surface area contributed by atoms with E-state index in [9.17, 15) is 8.42 Å². The molecule has 5 nitrogen and oxygen atoms in total. The van der Waals surface area contributed by atoms with Gasteiger partial charge < -0.3 is 5.21 Å². The molecule has 1 aromatic rings. The molecule has 0 radical (unpaired) electrons. The van der Waals surface area contributed by atoms with Gasteiger partial charge in [-0.3, -0.25) is 0 Å². The van der Waals surface area contributed by atoms with E-state index in [1.807, 2.05) is 44.2 Å². The number of sulfonamides is 1. The van der Waals surface area contributed by atoms with Gasteiger partial charge in [0.05, 0.1) is 11.5 Å². The number of piperidine rings is 1. The van der Waals surface area contributed by atoms with Crippen molar-refractivity contribution in [1.82, 2.24) is 4.31 Å². The Kier molecular flexibility index (Phi) is 5.00. The summed E-state index contributed by atoms with van der Waals surface area (Å²) in [6.07, 6.45) is 0.497. The lowest BCUT2D eigenvalue weighted by atomic mass is 10.00. The zero-order valence-electron chi connectivity index (χ0n) is 12.4. The highest BCUT2D eigenvalue weighted by Crippen LogP contribution is 2.22. The minimum atomic E-state index is -3.30. The topological polar surface area (TPSA) is 70.0 Å². The van der Waals surface area contributed by atoms with E-state index in [1.165, 1.54) is 4.31 Å². The summed E-state index contributed by atoms with van der Waals surface area (Å²) in [7, 11) is -3.30. The van der Waals surface area contributed by atoms with Gasteiger partial charge in [-0.05, 0) is 11.5 Å². The summed E-state index contributed by atoms with van der Waals surface area (Å²) in [4.78, 5) is 0. The quantitative estimate of drug-likeness (QED) is 0.685. The zero-order valence-corrected chi connectivity index (χ0v) is 13.3. The van der Waals surface area contributed by atoms with Crippen LogP contribution in [0.4, 0.5) is 0 Å². The third-order valence-corrected chi connectivity index (χ3v) is 6.05. The lowest BCUT2D eigenvalue weighted by Gasteiger charge is -2.31. The van der Waals surface area contributed by atoms with E-state index in [0.29, 0.717) is 25.2 Å². The fourth-order valence-corrected chi connectivity index (χ4v) is 4.54. The third kappa shape index (κ3) is 3.83. The molecule has 1 heterocycles. The van der Waals surface area contributed by atoms with Crippen molar-refractivity contribution in [1.29, 1.82) is 0 Å². The average molecular weight is 310 g/mol. The van der Waals surface area contributed by atoms with E-state index in [-0.39, 0.29) is 17.6 Å². The molecule has 0 spiro atoms. The van der Waals surface area contributed by atoms with Crippen molar-refractivity contribution in [2.45, 2.75) is 26.2 Å². The Hall–Kier alpha value is -1.40. The molecule has 1 aliphatic heterocycles. The van der Waals surface area contributed by atoms with Crippen LogP contribution in [-0.2, 0) is 10.0 Å². The summed E-state index contributed by atoms with van der Waals surface area (Å²) >= 11 is 0. The Bertz CT molecular complexity index is 599. The van der Waals surface area contributed by atoms with Crippen molar-refractivity contribution in [3.05, 3.63) is 35.9 Å². The first-order chi connectivity index (χ1) is 9.94. The predicted octanol–water partition coefficient (Wildman–Crippen LogP) is 2.29. The van der Waals surface area contributed by atoms with Crippen LogP contribution in [0.1, 0.15) is 31.7 Å². The molecule has 2 rings (SSSR count). The summed E-state index contributed by atoms with van der Waals surface area (Å²) in [6, 6.07) is 9.68. The van der Waals surface area contributed by atoms with Gasteiger partial charge in [-0.1, -0.05) is 49.3 Å². The second-order valence-corrected chi connectivity index (χ2v) is 7.70. The maximum absolute atomic E-state index is 12.5. The van der Waals surface area contributed by atoms with Crippen molar-refractivity contribution in [2.24, 2.45) is 11.1 Å². The van der Waals surface area contributed by atoms with Gasteiger partial charge in [0.2, 0.25) is 10.0 Å². The molecule has 1 fully saturated rings. The molecule has 21 heavy (non-hydrogen) atoms. The molecule has 0 aliphatic carbocycles. The summed E-state index contributed by atoms with van der Waals surface area (Å²) in [5.74, 6) is 0.0277. The van der Waals surface area contributed by atoms with E-state index >= 15 is 0 Å². The molecule has 2 unspecified atom stereocenters. The third-order valence-electron chi connectivity index (χ3n) is 4.01. The zero-order chi connectivity index (χ0) is 15.5. The van der Waals surface area contributed by atoms with Crippen LogP contribution in [0, 0.1) is 5.92 Å². The molecule has 116 valence electrons. The normalized spacial score (nSPS) is 24.1. The first-order valence-corrected chi connectivity index (χ1v) is 8.78. The van der Waals surface area contributed by atoms with E-state index in [1.54, 1.807) is 0 Å². The first-order valence-electron chi connectivity index (χ1n) is 7.17. The molecule has 1 aliphatic rings. The minimum Gasteiger partial charge on any atom is -0.411 e. The van der Waals surface area contributed by atoms with Gasteiger partial charge in [0.15, 0.2) is 0 Å². The van der Waals surface area contributed by atoms with Crippen LogP contribution in [0.2, 0.25) is 0 Å². The van der Waals surface area contributed by atoms with Gasteiger partial charge in [-0.2, -0.15) is 0 Å². The van der Waals surface area contributed by atoms with Gasteiger partial charge in [0.1, 0.15) is 0 Å². The van der Waals surface area contributed by atoms with Crippen LogP contribution < -0.4 is 0 Å². The summed E-state index contributed by atoms with van der Waals surface area (Å²) < 4.78 is 26.6. The largest absolute Gasteiger partial charge is 0.411 e. The molecule has 1 N–H and O–H groups in total. The summed E-state index contributed by atoms with van der Waals surface area (Å²) in [6.45, 7) is 4.61. The SMILES string of the molecule is CC1CN(S(=O)(=O)CC(C)c2ccccc2)CC/C1=N/O.